The molecular weight excluding hydrogens is 411 g/mol. The van der Waals surface area contributed by atoms with E-state index in [1.165, 1.54) is 0 Å². The highest BCUT2D eigenvalue weighted by Crippen LogP contribution is 2.30. The number of rotatable bonds is 5. The minimum Gasteiger partial charge on any atom is -0.487 e. The Morgan fingerprint density at radius 3 is 2.79 bits per heavy atom. The first-order chi connectivity index (χ1) is 13.7. The van der Waals surface area contributed by atoms with Crippen molar-refractivity contribution in [2.45, 2.75) is 25.5 Å². The number of amides is 1. The molecule has 1 aliphatic heterocycles. The number of likely N-dealkylation sites (tertiary alicyclic amines) is 1. The van der Waals surface area contributed by atoms with Crippen LogP contribution in [0.3, 0.4) is 0 Å². The molecule has 4 rings (SSSR count). The fourth-order valence-corrected chi connectivity index (χ4v) is 3.86. The van der Waals surface area contributed by atoms with Gasteiger partial charge >= 0.3 is 0 Å². The molecule has 154 valence electrons. The van der Waals surface area contributed by atoms with Crippen LogP contribution in [0.2, 0.25) is 5.02 Å². The maximum atomic E-state index is 13.3. The SMILES string of the molecule is CNC1CCCN(C(=O)c2oc3ccccc3c2COc2ccccc2Cl)C1.Cl. The fourth-order valence-electron chi connectivity index (χ4n) is 3.67. The highest BCUT2D eigenvalue weighted by Gasteiger charge is 2.29. The predicted octanol–water partition coefficient (Wildman–Crippen LogP) is 4.91. The number of nitrogens with one attached hydrogen (secondary N) is 1. The van der Waals surface area contributed by atoms with Crippen LogP contribution in [0.1, 0.15) is 29.0 Å². The van der Waals surface area contributed by atoms with Gasteiger partial charge in [-0.25, -0.2) is 0 Å². The zero-order valence-corrected chi connectivity index (χ0v) is 17.8. The number of ether oxygens (including phenoxy) is 1. The van der Waals surface area contributed by atoms with Crippen LogP contribution in [0.5, 0.6) is 5.75 Å². The summed E-state index contributed by atoms with van der Waals surface area (Å²) in [6.07, 6.45) is 2.05. The van der Waals surface area contributed by atoms with E-state index in [0.29, 0.717) is 34.7 Å². The van der Waals surface area contributed by atoms with Crippen molar-refractivity contribution in [2.24, 2.45) is 0 Å². The van der Waals surface area contributed by atoms with Gasteiger partial charge in [0.05, 0.1) is 5.02 Å². The second-order valence-corrected chi connectivity index (χ2v) is 7.41. The molecule has 7 heteroatoms. The summed E-state index contributed by atoms with van der Waals surface area (Å²) in [6.45, 7) is 1.63. The first-order valence-corrected chi connectivity index (χ1v) is 9.89. The van der Waals surface area contributed by atoms with Gasteiger partial charge < -0.3 is 19.4 Å². The van der Waals surface area contributed by atoms with E-state index in [0.717, 1.165) is 30.3 Å². The molecule has 0 spiro atoms. The number of hydrogen-bond acceptors (Lipinski definition) is 4. The second kappa shape index (κ2) is 9.53. The topological polar surface area (TPSA) is 54.7 Å². The van der Waals surface area contributed by atoms with Crippen LogP contribution in [-0.2, 0) is 6.61 Å². The van der Waals surface area contributed by atoms with Crippen molar-refractivity contribution >= 4 is 40.9 Å². The van der Waals surface area contributed by atoms with Crippen LogP contribution in [0.25, 0.3) is 11.0 Å². The van der Waals surface area contributed by atoms with Crippen molar-refractivity contribution in [2.75, 3.05) is 20.1 Å². The lowest BCUT2D eigenvalue weighted by Crippen LogP contribution is -2.47. The standard InChI is InChI=1S/C22H23ClN2O3.ClH/c1-24-15-7-6-12-25(13-15)22(26)21-17(16-8-2-4-10-19(16)28-21)14-27-20-11-5-3-9-18(20)23;/h2-5,8-11,15,24H,6-7,12-14H2,1H3;1H. The fraction of sp³-hybridized carbons (Fsp3) is 0.318. The Labute approximate surface area is 181 Å². The van der Waals surface area contributed by atoms with Gasteiger partial charge in [0.1, 0.15) is 17.9 Å². The van der Waals surface area contributed by atoms with E-state index < -0.39 is 0 Å². The molecule has 1 saturated heterocycles. The lowest BCUT2D eigenvalue weighted by Gasteiger charge is -2.32. The van der Waals surface area contributed by atoms with Gasteiger partial charge in [0, 0.05) is 30.1 Å². The predicted molar refractivity (Wildman–Crippen MR) is 117 cm³/mol. The molecule has 3 aromatic rings. The van der Waals surface area contributed by atoms with E-state index in [2.05, 4.69) is 5.32 Å². The molecular formula is C22H24Cl2N2O3. The molecule has 0 aliphatic carbocycles. The molecule has 2 heterocycles. The van der Waals surface area contributed by atoms with Crippen LogP contribution in [-0.4, -0.2) is 37.0 Å². The van der Waals surface area contributed by atoms with E-state index in [1.54, 1.807) is 6.07 Å². The van der Waals surface area contributed by atoms with E-state index in [-0.39, 0.29) is 24.9 Å². The first-order valence-electron chi connectivity index (χ1n) is 9.51. The van der Waals surface area contributed by atoms with Crippen molar-refractivity contribution in [1.29, 1.82) is 0 Å². The third-order valence-corrected chi connectivity index (χ3v) is 5.53. The average molecular weight is 435 g/mol. The van der Waals surface area contributed by atoms with Crippen LogP contribution < -0.4 is 10.1 Å². The third-order valence-electron chi connectivity index (χ3n) is 5.22. The van der Waals surface area contributed by atoms with Gasteiger partial charge in [-0.2, -0.15) is 0 Å². The molecule has 29 heavy (non-hydrogen) atoms. The Morgan fingerprint density at radius 1 is 1.24 bits per heavy atom. The largest absolute Gasteiger partial charge is 0.487 e. The summed E-state index contributed by atoms with van der Waals surface area (Å²) in [5, 5.41) is 4.70. The number of halogens is 2. The number of benzene rings is 2. The van der Waals surface area contributed by atoms with Gasteiger partial charge in [-0.3, -0.25) is 4.79 Å². The van der Waals surface area contributed by atoms with Gasteiger partial charge in [0.25, 0.3) is 5.91 Å². The molecule has 5 nitrogen and oxygen atoms in total. The lowest BCUT2D eigenvalue weighted by atomic mass is 10.0. The van der Waals surface area contributed by atoms with Crippen molar-refractivity contribution in [3.8, 4) is 5.75 Å². The Morgan fingerprint density at radius 2 is 2.00 bits per heavy atom. The number of fused-ring (bicyclic) bond motifs is 1. The summed E-state index contributed by atoms with van der Waals surface area (Å²) in [6, 6.07) is 15.3. The molecule has 0 bridgehead atoms. The van der Waals surface area contributed by atoms with E-state index in [1.807, 2.05) is 54.4 Å². The van der Waals surface area contributed by atoms with Gasteiger partial charge in [-0.05, 0) is 38.1 Å². The van der Waals surface area contributed by atoms with Crippen molar-refractivity contribution < 1.29 is 13.9 Å². The van der Waals surface area contributed by atoms with Gasteiger partial charge in [-0.1, -0.05) is 41.9 Å². The Hall–Kier alpha value is -2.21. The summed E-state index contributed by atoms with van der Waals surface area (Å²) in [5.41, 5.74) is 1.44. The number of para-hydroxylation sites is 2. The summed E-state index contributed by atoms with van der Waals surface area (Å²) in [4.78, 5) is 15.1. The zero-order valence-electron chi connectivity index (χ0n) is 16.2. The molecule has 1 atom stereocenters. The van der Waals surface area contributed by atoms with Gasteiger partial charge in [-0.15, -0.1) is 12.4 Å². The number of carbonyl (C=O) groups excluding carboxylic acids is 1. The molecule has 1 fully saturated rings. The van der Waals surface area contributed by atoms with Crippen LogP contribution in [0.15, 0.2) is 52.9 Å². The van der Waals surface area contributed by atoms with Crippen molar-refractivity contribution in [1.82, 2.24) is 10.2 Å². The molecule has 2 aromatic carbocycles. The normalized spacial score (nSPS) is 16.5. The molecule has 1 aliphatic rings. The Bertz CT molecular complexity index is 989. The highest BCUT2D eigenvalue weighted by molar-refractivity contribution is 6.32. The van der Waals surface area contributed by atoms with E-state index in [9.17, 15) is 4.79 Å². The Balaban J connectivity index is 0.00000240. The van der Waals surface area contributed by atoms with Crippen LogP contribution in [0, 0.1) is 0 Å². The minimum atomic E-state index is -0.0890. The average Bonchev–Trinajstić information content (AvgIpc) is 3.11. The molecule has 1 N–H and O–H groups in total. The molecule has 0 saturated carbocycles. The minimum absolute atomic E-state index is 0. The number of furan rings is 1. The number of piperidine rings is 1. The van der Waals surface area contributed by atoms with Gasteiger partial charge in [0.2, 0.25) is 0 Å². The number of nitrogens with zero attached hydrogens (tertiary/aromatic N) is 1. The Kier molecular flexibility index (Phi) is 7.06. The van der Waals surface area contributed by atoms with Crippen LogP contribution in [0.4, 0.5) is 0 Å². The summed E-state index contributed by atoms with van der Waals surface area (Å²) < 4.78 is 11.9. The number of carbonyl (C=O) groups is 1. The highest BCUT2D eigenvalue weighted by atomic mass is 35.5. The zero-order chi connectivity index (χ0) is 19.5. The summed E-state index contributed by atoms with van der Waals surface area (Å²) in [5.74, 6) is 0.847. The van der Waals surface area contributed by atoms with E-state index >= 15 is 0 Å². The first kappa shape index (κ1) is 21.5. The number of likely N-dealkylation sites (N-methyl/N-ethyl adjacent to an activating group) is 1. The summed E-state index contributed by atoms with van der Waals surface area (Å²) >= 11 is 6.21. The van der Waals surface area contributed by atoms with E-state index in [4.69, 9.17) is 20.8 Å². The lowest BCUT2D eigenvalue weighted by molar-refractivity contribution is 0.0665. The van der Waals surface area contributed by atoms with Crippen molar-refractivity contribution in [3.63, 3.8) is 0 Å². The molecule has 1 unspecified atom stereocenters. The maximum absolute atomic E-state index is 13.3. The van der Waals surface area contributed by atoms with Crippen LogP contribution >= 0.6 is 24.0 Å². The number of hydrogen-bond donors (Lipinski definition) is 1. The third kappa shape index (κ3) is 4.53. The monoisotopic (exact) mass is 434 g/mol. The molecule has 1 amide bonds. The molecule has 1 aromatic heterocycles. The molecule has 0 radical (unpaired) electrons. The summed E-state index contributed by atoms with van der Waals surface area (Å²) in [7, 11) is 1.93. The smallest absolute Gasteiger partial charge is 0.290 e. The van der Waals surface area contributed by atoms with Gasteiger partial charge in [0.15, 0.2) is 5.76 Å². The second-order valence-electron chi connectivity index (χ2n) is 7.00. The maximum Gasteiger partial charge on any atom is 0.290 e. The van der Waals surface area contributed by atoms with Crippen molar-refractivity contribution in [3.05, 3.63) is 64.9 Å². The quantitative estimate of drug-likeness (QED) is 0.619.